The van der Waals surface area contributed by atoms with Gasteiger partial charge in [-0.3, -0.25) is 14.5 Å². The van der Waals surface area contributed by atoms with Crippen molar-refractivity contribution in [1.29, 1.82) is 0 Å². The van der Waals surface area contributed by atoms with Crippen LogP contribution in [0.25, 0.3) is 6.08 Å². The number of methoxy groups -OCH3 is 2. The van der Waals surface area contributed by atoms with Crippen molar-refractivity contribution in [2.75, 3.05) is 33.9 Å². The van der Waals surface area contributed by atoms with Crippen molar-refractivity contribution >= 4 is 12.0 Å². The molecule has 0 saturated heterocycles. The number of aryl methyl sites for hydroxylation is 1. The van der Waals surface area contributed by atoms with Crippen LogP contribution in [-0.2, 0) is 19.5 Å². The maximum Gasteiger partial charge on any atom is 0.257 e. The summed E-state index contributed by atoms with van der Waals surface area (Å²) in [5, 5.41) is 10.4. The molecule has 2 aromatic heterocycles. The second-order valence-corrected chi connectivity index (χ2v) is 8.20. The fourth-order valence-electron chi connectivity index (χ4n) is 4.18. The molecule has 0 spiro atoms. The van der Waals surface area contributed by atoms with Crippen molar-refractivity contribution in [2.45, 2.75) is 26.4 Å². The highest BCUT2D eigenvalue weighted by atomic mass is 16.6. The van der Waals surface area contributed by atoms with Gasteiger partial charge in [-0.1, -0.05) is 40.7 Å². The molecule has 10 heteroatoms. The zero-order valence-corrected chi connectivity index (χ0v) is 20.1. The van der Waals surface area contributed by atoms with Crippen molar-refractivity contribution in [3.8, 4) is 11.5 Å². The molecule has 3 aromatic rings. The minimum absolute atomic E-state index is 0.162. The van der Waals surface area contributed by atoms with Crippen LogP contribution in [0.1, 0.15) is 33.0 Å². The summed E-state index contributed by atoms with van der Waals surface area (Å²) in [6.45, 7) is 4.47. The molecule has 0 atom stereocenters. The lowest BCUT2D eigenvalue weighted by Crippen LogP contribution is -2.31. The molecule has 184 valence electrons. The normalized spacial score (nSPS) is 13.9. The van der Waals surface area contributed by atoms with Crippen LogP contribution in [0.3, 0.4) is 0 Å². The van der Waals surface area contributed by atoms with E-state index in [1.165, 1.54) is 13.2 Å². The van der Waals surface area contributed by atoms with E-state index in [4.69, 9.17) is 14.1 Å². The zero-order chi connectivity index (χ0) is 24.8. The van der Waals surface area contributed by atoms with Gasteiger partial charge < -0.3 is 19.4 Å². The number of fused-ring (bicyclic) bond motifs is 1. The van der Waals surface area contributed by atoms with Gasteiger partial charge in [0.05, 0.1) is 20.8 Å². The van der Waals surface area contributed by atoms with Crippen LogP contribution in [-0.4, -0.2) is 59.5 Å². The monoisotopic (exact) mass is 479 g/mol. The minimum atomic E-state index is -0.336. The highest BCUT2D eigenvalue weighted by Gasteiger charge is 2.25. The van der Waals surface area contributed by atoms with E-state index in [0.717, 1.165) is 11.3 Å². The molecule has 1 aliphatic rings. The van der Waals surface area contributed by atoms with Crippen LogP contribution in [0, 0.1) is 6.92 Å². The number of nitrogens with zero attached hydrogens (tertiary/aromatic N) is 4. The average molecular weight is 480 g/mol. The number of rotatable bonds is 8. The molecule has 1 aromatic carbocycles. The quantitative estimate of drug-likeness (QED) is 0.523. The Balaban J connectivity index is 1.51. The number of carbonyl (C=O) groups excluding carboxylic acids is 1. The van der Waals surface area contributed by atoms with Crippen molar-refractivity contribution in [1.82, 2.24) is 25.1 Å². The van der Waals surface area contributed by atoms with Gasteiger partial charge in [-0.25, -0.2) is 4.63 Å². The Hall–Kier alpha value is -3.92. The fraction of sp³-hybridized carbons (Fsp3) is 0.360. The smallest absolute Gasteiger partial charge is 0.257 e. The van der Waals surface area contributed by atoms with Crippen molar-refractivity contribution in [3.63, 3.8) is 0 Å². The van der Waals surface area contributed by atoms with E-state index in [0.29, 0.717) is 55.2 Å². The molecule has 1 N–H and O–H groups in total. The Labute approximate surface area is 203 Å². The van der Waals surface area contributed by atoms with E-state index in [1.807, 2.05) is 30.3 Å². The van der Waals surface area contributed by atoms with Crippen LogP contribution < -0.4 is 20.3 Å². The molecule has 3 heterocycles. The van der Waals surface area contributed by atoms with Gasteiger partial charge in [-0.2, -0.15) is 0 Å². The predicted molar refractivity (Wildman–Crippen MR) is 130 cm³/mol. The van der Waals surface area contributed by atoms with Crippen LogP contribution >= 0.6 is 0 Å². The third kappa shape index (κ3) is 5.43. The number of amides is 1. The second-order valence-electron chi connectivity index (χ2n) is 8.20. The highest BCUT2D eigenvalue weighted by Crippen LogP contribution is 2.23. The van der Waals surface area contributed by atoms with Crippen LogP contribution in [0.5, 0.6) is 11.5 Å². The first-order chi connectivity index (χ1) is 17.0. The summed E-state index contributed by atoms with van der Waals surface area (Å²) in [7, 11) is 3.11. The summed E-state index contributed by atoms with van der Waals surface area (Å²) in [5.41, 5.74) is 3.01. The van der Waals surface area contributed by atoms with E-state index in [2.05, 4.69) is 26.6 Å². The minimum Gasteiger partial charge on any atom is -0.496 e. The summed E-state index contributed by atoms with van der Waals surface area (Å²) in [6, 6.07) is 9.21. The number of carbonyl (C=O) groups is 1. The molecule has 4 rings (SSSR count). The summed E-state index contributed by atoms with van der Waals surface area (Å²) in [6.07, 6.45) is 4.65. The average Bonchev–Trinajstić information content (AvgIpc) is 3.16. The number of ether oxygens (including phenoxy) is 2. The number of hydrogen-bond acceptors (Lipinski definition) is 8. The van der Waals surface area contributed by atoms with Crippen molar-refractivity contribution in [2.24, 2.45) is 0 Å². The van der Waals surface area contributed by atoms with Crippen molar-refractivity contribution in [3.05, 3.63) is 75.0 Å². The van der Waals surface area contributed by atoms with Crippen LogP contribution in [0.2, 0.25) is 0 Å². The first-order valence-corrected chi connectivity index (χ1v) is 11.4. The van der Waals surface area contributed by atoms with Crippen LogP contribution in [0.4, 0.5) is 0 Å². The lowest BCUT2D eigenvalue weighted by molar-refractivity contribution is 0.0944. The Morgan fingerprint density at radius 2 is 1.94 bits per heavy atom. The third-order valence-corrected chi connectivity index (χ3v) is 6.10. The molecular weight excluding hydrogens is 450 g/mol. The number of para-hydroxylation sites is 1. The largest absolute Gasteiger partial charge is 0.496 e. The van der Waals surface area contributed by atoms with Gasteiger partial charge >= 0.3 is 0 Å². The van der Waals surface area contributed by atoms with Gasteiger partial charge in [0.15, 0.2) is 0 Å². The van der Waals surface area contributed by atoms with Gasteiger partial charge in [0.2, 0.25) is 0 Å². The second kappa shape index (κ2) is 11.0. The first-order valence-electron chi connectivity index (χ1n) is 11.4. The zero-order valence-electron chi connectivity index (χ0n) is 20.1. The predicted octanol–water partition coefficient (Wildman–Crippen LogP) is 2.06. The van der Waals surface area contributed by atoms with E-state index in [9.17, 15) is 9.59 Å². The summed E-state index contributed by atoms with van der Waals surface area (Å²) >= 11 is 0. The Morgan fingerprint density at radius 3 is 2.69 bits per heavy atom. The fourth-order valence-corrected chi connectivity index (χ4v) is 4.18. The maximum atomic E-state index is 13.2. The molecule has 0 aliphatic carbocycles. The van der Waals surface area contributed by atoms with Crippen molar-refractivity contribution < 1.29 is 18.9 Å². The topological polar surface area (TPSA) is 112 Å². The molecule has 35 heavy (non-hydrogen) atoms. The molecule has 1 aliphatic heterocycles. The maximum absolute atomic E-state index is 13.2. The van der Waals surface area contributed by atoms with E-state index in [1.54, 1.807) is 18.6 Å². The Bertz CT molecular complexity index is 1280. The first kappa shape index (κ1) is 24.2. The Kier molecular flexibility index (Phi) is 7.61. The summed E-state index contributed by atoms with van der Waals surface area (Å²) in [4.78, 5) is 28.2. The molecule has 10 nitrogen and oxygen atoms in total. The van der Waals surface area contributed by atoms with Gasteiger partial charge in [0.1, 0.15) is 28.5 Å². The van der Waals surface area contributed by atoms with Crippen LogP contribution in [0.15, 0.2) is 45.8 Å². The summed E-state index contributed by atoms with van der Waals surface area (Å²) in [5.74, 6) is 0.744. The lowest BCUT2D eigenvalue weighted by Gasteiger charge is -2.17. The van der Waals surface area contributed by atoms with Gasteiger partial charge in [0.25, 0.3) is 11.5 Å². The molecule has 0 fully saturated rings. The standard InChI is InChI=1S/C25H29N5O5/c1-17-19(28-35-27-17)16-26-25(32)24-20-10-12-29(13-14-30(20)23(31)15-22(24)34-3)11-6-8-18-7-4-5-9-21(18)33-2/h4-9,15H,10-14,16H2,1-3H3,(H,26,32)/b8-6+. The number of benzene rings is 1. The summed E-state index contributed by atoms with van der Waals surface area (Å²) < 4.78 is 17.2. The molecular formula is C25H29N5O5. The van der Waals surface area contributed by atoms with Gasteiger partial charge in [-0.15, -0.1) is 0 Å². The molecule has 0 bridgehead atoms. The Morgan fingerprint density at radius 1 is 1.14 bits per heavy atom. The van der Waals surface area contributed by atoms with E-state index >= 15 is 0 Å². The number of pyridine rings is 1. The molecule has 0 radical (unpaired) electrons. The third-order valence-electron chi connectivity index (χ3n) is 6.10. The number of aromatic nitrogens is 3. The molecule has 1 amide bonds. The molecule has 0 saturated carbocycles. The van der Waals surface area contributed by atoms with Gasteiger partial charge in [0, 0.05) is 49.9 Å². The number of nitrogens with one attached hydrogen (secondary N) is 1. The van der Waals surface area contributed by atoms with E-state index in [-0.39, 0.29) is 23.8 Å². The highest BCUT2D eigenvalue weighted by molar-refractivity contribution is 5.98. The van der Waals surface area contributed by atoms with Gasteiger partial charge in [-0.05, 0) is 13.0 Å². The lowest BCUT2D eigenvalue weighted by atomic mass is 10.1. The SMILES string of the molecule is COc1ccccc1/C=C/CN1CCc2c(C(=O)NCc3nonc3C)c(OC)cc(=O)n2CC1. The number of hydrogen-bond donors (Lipinski definition) is 1. The van der Waals surface area contributed by atoms with E-state index < -0.39 is 0 Å². The molecule has 0 unspecified atom stereocenters.